The fourth-order valence-corrected chi connectivity index (χ4v) is 3.80. The Morgan fingerprint density at radius 1 is 1.30 bits per heavy atom. The van der Waals surface area contributed by atoms with Crippen LogP contribution in [-0.4, -0.2) is 26.0 Å². The first-order valence-electron chi connectivity index (χ1n) is 7.17. The van der Waals surface area contributed by atoms with E-state index in [4.69, 9.17) is 9.15 Å². The summed E-state index contributed by atoms with van der Waals surface area (Å²) in [5, 5.41) is 0. The number of rotatable bonds is 6. The SMILES string of the molecule is CCOC(=O)c1[nH]c(C)c(S(=O)(=O)NCc2ccc(C)o2)c1C. The number of H-pyrrole nitrogens is 1. The molecule has 0 fully saturated rings. The third-order valence-corrected chi connectivity index (χ3v) is 5.02. The predicted octanol–water partition coefficient (Wildman–Crippen LogP) is 2.19. The van der Waals surface area contributed by atoms with E-state index in [2.05, 4.69) is 9.71 Å². The number of sulfonamides is 1. The van der Waals surface area contributed by atoms with E-state index in [1.807, 2.05) is 0 Å². The lowest BCUT2D eigenvalue weighted by molar-refractivity contribution is 0.0519. The minimum Gasteiger partial charge on any atom is -0.465 e. The second-order valence-corrected chi connectivity index (χ2v) is 6.84. The summed E-state index contributed by atoms with van der Waals surface area (Å²) in [4.78, 5) is 14.7. The third kappa shape index (κ3) is 3.65. The van der Waals surface area contributed by atoms with Crippen LogP contribution in [0.25, 0.3) is 0 Å². The van der Waals surface area contributed by atoms with Gasteiger partial charge in [-0.3, -0.25) is 0 Å². The van der Waals surface area contributed by atoms with Crippen LogP contribution in [0.1, 0.15) is 40.2 Å². The lowest BCUT2D eigenvalue weighted by Gasteiger charge is -2.06. The van der Waals surface area contributed by atoms with Crippen LogP contribution >= 0.6 is 0 Å². The van der Waals surface area contributed by atoms with Gasteiger partial charge < -0.3 is 14.1 Å². The summed E-state index contributed by atoms with van der Waals surface area (Å²) in [6.45, 7) is 6.89. The second-order valence-electron chi connectivity index (χ2n) is 5.14. The number of ether oxygens (including phenoxy) is 1. The van der Waals surface area contributed by atoms with Crippen LogP contribution in [-0.2, 0) is 21.3 Å². The van der Waals surface area contributed by atoms with Gasteiger partial charge in [-0.2, -0.15) is 0 Å². The number of furan rings is 1. The molecule has 0 atom stereocenters. The van der Waals surface area contributed by atoms with Crippen molar-refractivity contribution in [2.24, 2.45) is 0 Å². The molecule has 126 valence electrons. The second kappa shape index (κ2) is 6.59. The first-order valence-corrected chi connectivity index (χ1v) is 8.65. The van der Waals surface area contributed by atoms with E-state index in [0.717, 1.165) is 0 Å². The summed E-state index contributed by atoms with van der Waals surface area (Å²) in [5.41, 5.74) is 0.872. The lowest BCUT2D eigenvalue weighted by Crippen LogP contribution is -2.24. The van der Waals surface area contributed by atoms with E-state index >= 15 is 0 Å². The highest BCUT2D eigenvalue weighted by Crippen LogP contribution is 2.24. The Bertz CT molecular complexity index is 817. The Kier molecular flexibility index (Phi) is 4.96. The maximum atomic E-state index is 12.5. The zero-order valence-electron chi connectivity index (χ0n) is 13.5. The normalized spacial score (nSPS) is 11.7. The first kappa shape index (κ1) is 17.3. The fraction of sp³-hybridized carbons (Fsp3) is 0.400. The topological polar surface area (TPSA) is 101 Å². The maximum absolute atomic E-state index is 12.5. The number of aromatic nitrogens is 1. The summed E-state index contributed by atoms with van der Waals surface area (Å²) in [5.74, 6) is 0.650. The molecule has 0 aliphatic heterocycles. The van der Waals surface area contributed by atoms with Crippen molar-refractivity contribution in [3.05, 3.63) is 40.6 Å². The van der Waals surface area contributed by atoms with Crippen molar-refractivity contribution in [1.82, 2.24) is 9.71 Å². The summed E-state index contributed by atoms with van der Waals surface area (Å²) in [7, 11) is -3.79. The number of carbonyl (C=O) groups excluding carboxylic acids is 1. The first-order chi connectivity index (χ1) is 10.8. The number of hydrogen-bond acceptors (Lipinski definition) is 5. The minimum absolute atomic E-state index is 0.0367. The molecular formula is C15H20N2O5S. The van der Waals surface area contributed by atoms with Crippen LogP contribution in [0.15, 0.2) is 21.4 Å². The van der Waals surface area contributed by atoms with Gasteiger partial charge in [0.25, 0.3) is 0 Å². The molecule has 2 aromatic rings. The highest BCUT2D eigenvalue weighted by molar-refractivity contribution is 7.89. The Balaban J connectivity index is 2.27. The van der Waals surface area contributed by atoms with E-state index in [9.17, 15) is 13.2 Å². The monoisotopic (exact) mass is 340 g/mol. The molecule has 7 nitrogen and oxygen atoms in total. The van der Waals surface area contributed by atoms with Gasteiger partial charge in [-0.05, 0) is 39.8 Å². The number of esters is 1. The third-order valence-electron chi connectivity index (χ3n) is 3.35. The number of hydrogen-bond donors (Lipinski definition) is 2. The van der Waals surface area contributed by atoms with Crippen molar-refractivity contribution in [3.63, 3.8) is 0 Å². The van der Waals surface area contributed by atoms with Crippen molar-refractivity contribution in [1.29, 1.82) is 0 Å². The Morgan fingerprint density at radius 3 is 2.57 bits per heavy atom. The van der Waals surface area contributed by atoms with Crippen molar-refractivity contribution >= 4 is 16.0 Å². The van der Waals surface area contributed by atoms with Gasteiger partial charge in [-0.1, -0.05) is 0 Å². The molecule has 2 N–H and O–H groups in total. The molecule has 2 rings (SSSR count). The zero-order valence-corrected chi connectivity index (χ0v) is 14.3. The van der Waals surface area contributed by atoms with E-state index in [-0.39, 0.29) is 23.7 Å². The molecule has 0 aliphatic rings. The molecule has 0 saturated heterocycles. The fourth-order valence-electron chi connectivity index (χ4n) is 2.36. The smallest absolute Gasteiger partial charge is 0.355 e. The number of aryl methyl sites for hydroxylation is 2. The van der Waals surface area contributed by atoms with E-state index < -0.39 is 16.0 Å². The summed E-state index contributed by atoms with van der Waals surface area (Å²) < 4.78 is 37.8. The van der Waals surface area contributed by atoms with Gasteiger partial charge in [0.05, 0.1) is 13.2 Å². The molecule has 2 aromatic heterocycles. The van der Waals surface area contributed by atoms with Gasteiger partial charge >= 0.3 is 5.97 Å². The maximum Gasteiger partial charge on any atom is 0.355 e. The molecule has 2 heterocycles. The van der Waals surface area contributed by atoms with Gasteiger partial charge in [-0.15, -0.1) is 0 Å². The van der Waals surface area contributed by atoms with Crippen LogP contribution in [0.4, 0.5) is 0 Å². The molecule has 23 heavy (non-hydrogen) atoms. The molecule has 0 amide bonds. The molecule has 0 bridgehead atoms. The molecule has 0 radical (unpaired) electrons. The average Bonchev–Trinajstić information content (AvgIpc) is 3.01. The number of carbonyl (C=O) groups is 1. The summed E-state index contributed by atoms with van der Waals surface area (Å²) in [6.07, 6.45) is 0. The Labute approximate surface area is 135 Å². The highest BCUT2D eigenvalue weighted by atomic mass is 32.2. The van der Waals surface area contributed by atoms with Crippen molar-refractivity contribution in [2.75, 3.05) is 6.61 Å². The van der Waals surface area contributed by atoms with Crippen LogP contribution in [0.5, 0.6) is 0 Å². The van der Waals surface area contributed by atoms with Gasteiger partial charge in [0.2, 0.25) is 10.0 Å². The van der Waals surface area contributed by atoms with Crippen molar-refractivity contribution < 1.29 is 22.4 Å². The summed E-state index contributed by atoms with van der Waals surface area (Å²) in [6, 6.07) is 3.47. The Hall–Kier alpha value is -2.06. The number of aromatic amines is 1. The predicted molar refractivity (Wildman–Crippen MR) is 83.7 cm³/mol. The van der Waals surface area contributed by atoms with Crippen LogP contribution in [0, 0.1) is 20.8 Å². The molecule has 0 spiro atoms. The van der Waals surface area contributed by atoms with Gasteiger partial charge in [-0.25, -0.2) is 17.9 Å². The van der Waals surface area contributed by atoms with Gasteiger partial charge in [0.1, 0.15) is 22.1 Å². The van der Waals surface area contributed by atoms with Crippen LogP contribution < -0.4 is 4.72 Å². The van der Waals surface area contributed by atoms with E-state index in [0.29, 0.717) is 22.8 Å². The standard InChI is InChI=1S/C15H20N2O5S/c1-5-21-15(18)13-10(3)14(11(4)17-13)23(19,20)16-8-12-7-6-9(2)22-12/h6-7,16-17H,5,8H2,1-4H3. The van der Waals surface area contributed by atoms with Gasteiger partial charge in [0.15, 0.2) is 0 Å². The molecule has 8 heteroatoms. The zero-order chi connectivity index (χ0) is 17.2. The highest BCUT2D eigenvalue weighted by Gasteiger charge is 2.27. The Morgan fingerprint density at radius 2 is 2.00 bits per heavy atom. The van der Waals surface area contributed by atoms with E-state index in [1.54, 1.807) is 39.8 Å². The van der Waals surface area contributed by atoms with Gasteiger partial charge in [0, 0.05) is 11.3 Å². The quantitative estimate of drug-likeness (QED) is 0.785. The molecule has 0 aromatic carbocycles. The largest absolute Gasteiger partial charge is 0.465 e. The van der Waals surface area contributed by atoms with Crippen molar-refractivity contribution in [3.8, 4) is 0 Å². The molecule has 0 unspecified atom stereocenters. The average molecular weight is 340 g/mol. The lowest BCUT2D eigenvalue weighted by atomic mass is 10.2. The molecular weight excluding hydrogens is 320 g/mol. The van der Waals surface area contributed by atoms with Crippen molar-refractivity contribution in [2.45, 2.75) is 39.1 Å². The molecule has 0 saturated carbocycles. The van der Waals surface area contributed by atoms with Crippen LogP contribution in [0.3, 0.4) is 0 Å². The summed E-state index contributed by atoms with van der Waals surface area (Å²) >= 11 is 0. The number of nitrogens with one attached hydrogen (secondary N) is 2. The molecule has 0 aliphatic carbocycles. The minimum atomic E-state index is -3.79. The van der Waals surface area contributed by atoms with Crippen LogP contribution in [0.2, 0.25) is 0 Å². The van der Waals surface area contributed by atoms with E-state index in [1.165, 1.54) is 0 Å².